The average molecular weight is 221 g/mol. The van der Waals surface area contributed by atoms with Gasteiger partial charge in [-0.15, -0.1) is 0 Å². The van der Waals surface area contributed by atoms with E-state index in [-0.39, 0.29) is 12.6 Å². The fourth-order valence-corrected chi connectivity index (χ4v) is 2.11. The minimum atomic E-state index is 0.140. The second-order valence-electron chi connectivity index (χ2n) is 4.20. The Morgan fingerprint density at radius 3 is 2.81 bits per heavy atom. The second kappa shape index (κ2) is 5.39. The molecule has 0 spiro atoms. The lowest BCUT2D eigenvalue weighted by Crippen LogP contribution is -2.37. The molecule has 1 aromatic rings. The first-order valence-electron chi connectivity index (χ1n) is 5.84. The summed E-state index contributed by atoms with van der Waals surface area (Å²) < 4.78 is 0. The number of hydrogen-bond acceptors (Lipinski definition) is 4. The number of aliphatic hydroxyl groups excluding tert-OH is 1. The van der Waals surface area contributed by atoms with E-state index in [0.29, 0.717) is 19.1 Å². The van der Waals surface area contributed by atoms with Crippen LogP contribution in [0.5, 0.6) is 0 Å². The zero-order valence-corrected chi connectivity index (χ0v) is 9.42. The van der Waals surface area contributed by atoms with Gasteiger partial charge in [-0.1, -0.05) is 6.07 Å². The van der Waals surface area contributed by atoms with Gasteiger partial charge in [-0.25, -0.2) is 0 Å². The first kappa shape index (κ1) is 11.5. The van der Waals surface area contributed by atoms with E-state index >= 15 is 0 Å². The quantitative estimate of drug-likeness (QED) is 0.736. The van der Waals surface area contributed by atoms with Crippen molar-refractivity contribution < 1.29 is 5.11 Å². The number of aromatic nitrogens is 1. The minimum absolute atomic E-state index is 0.140. The van der Waals surface area contributed by atoms with E-state index in [0.717, 1.165) is 5.69 Å². The molecule has 1 atom stereocenters. The molecule has 0 aliphatic heterocycles. The van der Waals surface area contributed by atoms with Crippen LogP contribution in [0.1, 0.15) is 24.6 Å². The lowest BCUT2D eigenvalue weighted by Gasteiger charge is -2.29. The fourth-order valence-electron chi connectivity index (χ4n) is 2.11. The van der Waals surface area contributed by atoms with Crippen molar-refractivity contribution in [3.63, 3.8) is 0 Å². The molecule has 1 aromatic heterocycles. The van der Waals surface area contributed by atoms with Crippen LogP contribution < -0.4 is 5.73 Å². The van der Waals surface area contributed by atoms with Gasteiger partial charge in [0.2, 0.25) is 0 Å². The van der Waals surface area contributed by atoms with Crippen molar-refractivity contribution in [2.45, 2.75) is 24.9 Å². The highest BCUT2D eigenvalue weighted by atomic mass is 16.3. The summed E-state index contributed by atoms with van der Waals surface area (Å²) in [4.78, 5) is 6.64. The molecule has 2 rings (SSSR count). The van der Waals surface area contributed by atoms with Crippen LogP contribution in [0.4, 0.5) is 0 Å². The SMILES string of the molecule is NCC(c1ccccn1)N(CCO)C1CC1. The molecular weight excluding hydrogens is 202 g/mol. The summed E-state index contributed by atoms with van der Waals surface area (Å²) in [6.07, 6.45) is 4.22. The Morgan fingerprint density at radius 2 is 2.31 bits per heavy atom. The second-order valence-corrected chi connectivity index (χ2v) is 4.20. The van der Waals surface area contributed by atoms with Crippen LogP contribution in [0.3, 0.4) is 0 Å². The summed E-state index contributed by atoms with van der Waals surface area (Å²) in [6.45, 7) is 1.41. The van der Waals surface area contributed by atoms with Crippen molar-refractivity contribution in [2.24, 2.45) is 5.73 Å². The predicted octanol–water partition coefficient (Wildman–Crippen LogP) is 0.538. The summed E-state index contributed by atoms with van der Waals surface area (Å²) in [5.74, 6) is 0. The molecule has 0 radical (unpaired) electrons. The highest BCUT2D eigenvalue weighted by Crippen LogP contribution is 2.32. The van der Waals surface area contributed by atoms with Crippen molar-refractivity contribution in [2.75, 3.05) is 19.7 Å². The molecule has 3 N–H and O–H groups in total. The number of pyridine rings is 1. The van der Waals surface area contributed by atoms with Gasteiger partial charge in [0.05, 0.1) is 18.3 Å². The average Bonchev–Trinajstić information content (AvgIpc) is 3.14. The van der Waals surface area contributed by atoms with Crippen LogP contribution in [0, 0.1) is 0 Å². The standard InChI is InChI=1S/C12H19N3O/c13-9-12(11-3-1-2-6-14-11)15(7-8-16)10-4-5-10/h1-3,6,10,12,16H,4-5,7-9,13H2. The maximum absolute atomic E-state index is 9.10. The molecule has 4 heteroatoms. The molecule has 4 nitrogen and oxygen atoms in total. The van der Waals surface area contributed by atoms with E-state index in [4.69, 9.17) is 10.8 Å². The van der Waals surface area contributed by atoms with E-state index in [1.54, 1.807) is 6.20 Å². The summed E-state index contributed by atoms with van der Waals surface area (Å²) in [6, 6.07) is 6.62. The van der Waals surface area contributed by atoms with Crippen LogP contribution in [0.2, 0.25) is 0 Å². The zero-order chi connectivity index (χ0) is 11.4. The van der Waals surface area contributed by atoms with Gasteiger partial charge < -0.3 is 10.8 Å². The molecule has 88 valence electrons. The van der Waals surface area contributed by atoms with Gasteiger partial charge >= 0.3 is 0 Å². The van der Waals surface area contributed by atoms with E-state index in [2.05, 4.69) is 9.88 Å². The van der Waals surface area contributed by atoms with Gasteiger partial charge in [-0.3, -0.25) is 9.88 Å². The van der Waals surface area contributed by atoms with Gasteiger partial charge in [-0.2, -0.15) is 0 Å². The summed E-state index contributed by atoms with van der Waals surface area (Å²) in [7, 11) is 0. The third-order valence-electron chi connectivity index (χ3n) is 3.03. The van der Waals surface area contributed by atoms with Crippen LogP contribution in [0.15, 0.2) is 24.4 Å². The molecule has 1 fully saturated rings. The van der Waals surface area contributed by atoms with Crippen LogP contribution in [-0.2, 0) is 0 Å². The minimum Gasteiger partial charge on any atom is -0.395 e. The van der Waals surface area contributed by atoms with E-state index in [9.17, 15) is 0 Å². The van der Waals surface area contributed by atoms with Crippen LogP contribution in [-0.4, -0.2) is 40.7 Å². The fraction of sp³-hybridized carbons (Fsp3) is 0.583. The van der Waals surface area contributed by atoms with Crippen molar-refractivity contribution in [3.8, 4) is 0 Å². The topological polar surface area (TPSA) is 62.4 Å². The molecule has 1 heterocycles. The predicted molar refractivity (Wildman–Crippen MR) is 62.8 cm³/mol. The smallest absolute Gasteiger partial charge is 0.0647 e. The van der Waals surface area contributed by atoms with E-state index in [1.165, 1.54) is 12.8 Å². The summed E-state index contributed by atoms with van der Waals surface area (Å²) in [5.41, 5.74) is 6.84. The maximum atomic E-state index is 9.10. The van der Waals surface area contributed by atoms with Crippen molar-refractivity contribution >= 4 is 0 Å². The molecule has 1 aliphatic carbocycles. The number of nitrogens with two attached hydrogens (primary N) is 1. The molecule has 0 aromatic carbocycles. The van der Waals surface area contributed by atoms with Crippen molar-refractivity contribution in [1.82, 2.24) is 9.88 Å². The Morgan fingerprint density at radius 1 is 1.50 bits per heavy atom. The third kappa shape index (κ3) is 2.58. The van der Waals surface area contributed by atoms with Crippen molar-refractivity contribution in [3.05, 3.63) is 30.1 Å². The molecule has 0 saturated heterocycles. The van der Waals surface area contributed by atoms with Crippen LogP contribution in [0.25, 0.3) is 0 Å². The summed E-state index contributed by atoms with van der Waals surface area (Å²) in [5, 5.41) is 9.10. The van der Waals surface area contributed by atoms with Gasteiger partial charge in [-0.05, 0) is 25.0 Å². The Hall–Kier alpha value is -0.970. The van der Waals surface area contributed by atoms with Gasteiger partial charge in [0.1, 0.15) is 0 Å². The third-order valence-corrected chi connectivity index (χ3v) is 3.03. The van der Waals surface area contributed by atoms with Gasteiger partial charge in [0.15, 0.2) is 0 Å². The van der Waals surface area contributed by atoms with Gasteiger partial charge in [0, 0.05) is 25.3 Å². The Bertz CT molecular complexity index is 313. The Kier molecular flexibility index (Phi) is 3.88. The summed E-state index contributed by atoms with van der Waals surface area (Å²) >= 11 is 0. The normalized spacial score (nSPS) is 17.7. The lowest BCUT2D eigenvalue weighted by molar-refractivity contribution is 0.143. The number of nitrogens with zero attached hydrogens (tertiary/aromatic N) is 2. The van der Waals surface area contributed by atoms with E-state index in [1.807, 2.05) is 18.2 Å². The van der Waals surface area contributed by atoms with Gasteiger partial charge in [0.25, 0.3) is 0 Å². The molecule has 1 aliphatic rings. The maximum Gasteiger partial charge on any atom is 0.0647 e. The molecule has 1 saturated carbocycles. The first-order valence-corrected chi connectivity index (χ1v) is 5.84. The van der Waals surface area contributed by atoms with Crippen molar-refractivity contribution in [1.29, 1.82) is 0 Å². The number of hydrogen-bond donors (Lipinski definition) is 2. The zero-order valence-electron chi connectivity index (χ0n) is 9.42. The Balaban J connectivity index is 2.13. The first-order chi connectivity index (χ1) is 7.86. The highest BCUT2D eigenvalue weighted by molar-refractivity contribution is 5.10. The monoisotopic (exact) mass is 221 g/mol. The molecule has 1 unspecified atom stereocenters. The number of rotatable bonds is 6. The van der Waals surface area contributed by atoms with Crippen LogP contribution >= 0.6 is 0 Å². The molecule has 0 amide bonds. The molecule has 16 heavy (non-hydrogen) atoms. The highest BCUT2D eigenvalue weighted by Gasteiger charge is 2.33. The largest absolute Gasteiger partial charge is 0.395 e. The van der Waals surface area contributed by atoms with E-state index < -0.39 is 0 Å². The number of aliphatic hydroxyl groups is 1. The molecule has 0 bridgehead atoms. The lowest BCUT2D eigenvalue weighted by atomic mass is 10.1. The Labute approximate surface area is 96.1 Å². The molecular formula is C12H19N3O.